The monoisotopic (exact) mass is 260 g/mol. The fourth-order valence-corrected chi connectivity index (χ4v) is 2.75. The zero-order valence-electron chi connectivity index (χ0n) is 9.66. The molecule has 1 aliphatic heterocycles. The highest BCUT2D eigenvalue weighted by atomic mass is 32.2. The number of ether oxygens (including phenoxy) is 1. The van der Waals surface area contributed by atoms with E-state index in [1.54, 1.807) is 4.57 Å². The van der Waals surface area contributed by atoms with Gasteiger partial charge in [-0.15, -0.1) is 10.2 Å². The standard InChI is InChI=1S/C9H16N4O3S/c1-2-13-8(7-3-5-16-6-4-7)11-12-9(13)17(10,14)15/h7H,2-6H2,1H3,(H2,10,14,15). The number of aromatic nitrogens is 3. The van der Waals surface area contributed by atoms with Gasteiger partial charge in [-0.05, 0) is 19.8 Å². The molecule has 2 heterocycles. The molecule has 2 N–H and O–H groups in total. The summed E-state index contributed by atoms with van der Waals surface area (Å²) in [7, 11) is -3.81. The Labute approximate surface area is 100 Å². The summed E-state index contributed by atoms with van der Waals surface area (Å²) in [4.78, 5) is 0. The van der Waals surface area contributed by atoms with Crippen molar-refractivity contribution in [2.24, 2.45) is 5.14 Å². The quantitative estimate of drug-likeness (QED) is 0.814. The number of sulfonamides is 1. The molecule has 1 fully saturated rings. The third-order valence-corrected chi connectivity index (χ3v) is 3.71. The van der Waals surface area contributed by atoms with Gasteiger partial charge in [-0.2, -0.15) is 0 Å². The molecule has 0 aromatic carbocycles. The second-order valence-corrected chi connectivity index (χ2v) is 5.47. The van der Waals surface area contributed by atoms with E-state index in [0.717, 1.165) is 12.8 Å². The number of hydrogen-bond donors (Lipinski definition) is 1. The van der Waals surface area contributed by atoms with Gasteiger partial charge in [0, 0.05) is 25.7 Å². The van der Waals surface area contributed by atoms with Crippen molar-refractivity contribution in [2.75, 3.05) is 13.2 Å². The predicted octanol–water partition coefficient (Wildman–Crippen LogP) is -0.161. The van der Waals surface area contributed by atoms with Crippen LogP contribution in [0.15, 0.2) is 5.16 Å². The van der Waals surface area contributed by atoms with Crippen LogP contribution in [0.5, 0.6) is 0 Å². The highest BCUT2D eigenvalue weighted by molar-refractivity contribution is 7.89. The van der Waals surface area contributed by atoms with Crippen LogP contribution in [0, 0.1) is 0 Å². The van der Waals surface area contributed by atoms with Gasteiger partial charge in [-0.1, -0.05) is 0 Å². The number of rotatable bonds is 3. The zero-order chi connectivity index (χ0) is 12.5. The van der Waals surface area contributed by atoms with Gasteiger partial charge in [0.25, 0.3) is 15.2 Å². The Morgan fingerprint density at radius 1 is 1.41 bits per heavy atom. The van der Waals surface area contributed by atoms with Crippen LogP contribution in [0.4, 0.5) is 0 Å². The molecule has 17 heavy (non-hydrogen) atoms. The first-order chi connectivity index (χ1) is 8.04. The Hall–Kier alpha value is -0.990. The molecule has 7 nitrogen and oxygen atoms in total. The maximum atomic E-state index is 11.3. The Morgan fingerprint density at radius 3 is 2.59 bits per heavy atom. The van der Waals surface area contributed by atoms with Crippen LogP contribution >= 0.6 is 0 Å². The van der Waals surface area contributed by atoms with Crippen LogP contribution in [0.2, 0.25) is 0 Å². The van der Waals surface area contributed by atoms with Crippen molar-refractivity contribution in [3.63, 3.8) is 0 Å². The van der Waals surface area contributed by atoms with Gasteiger partial charge in [0.05, 0.1) is 0 Å². The van der Waals surface area contributed by atoms with E-state index < -0.39 is 10.0 Å². The predicted molar refractivity (Wildman–Crippen MR) is 59.9 cm³/mol. The number of nitrogens with zero attached hydrogens (tertiary/aromatic N) is 3. The second kappa shape index (κ2) is 4.71. The van der Waals surface area contributed by atoms with Crippen LogP contribution in [0.25, 0.3) is 0 Å². The minimum absolute atomic E-state index is 0.151. The molecule has 8 heteroatoms. The van der Waals surface area contributed by atoms with Crippen LogP contribution < -0.4 is 5.14 Å². The first kappa shape index (κ1) is 12.5. The van der Waals surface area contributed by atoms with Gasteiger partial charge in [0.2, 0.25) is 0 Å². The van der Waals surface area contributed by atoms with Crippen molar-refractivity contribution < 1.29 is 13.2 Å². The average molecular weight is 260 g/mol. The smallest absolute Gasteiger partial charge is 0.273 e. The second-order valence-electron chi connectivity index (χ2n) is 4.02. The normalized spacial score (nSPS) is 18.5. The highest BCUT2D eigenvalue weighted by Crippen LogP contribution is 2.26. The lowest BCUT2D eigenvalue weighted by Gasteiger charge is -2.21. The SMILES string of the molecule is CCn1c(C2CCOCC2)nnc1S(N)(=O)=O. The summed E-state index contributed by atoms with van der Waals surface area (Å²) in [5.74, 6) is 0.895. The van der Waals surface area contributed by atoms with E-state index >= 15 is 0 Å². The summed E-state index contributed by atoms with van der Waals surface area (Å²) in [6.45, 7) is 3.68. The molecule has 1 saturated heterocycles. The molecule has 0 unspecified atom stereocenters. The van der Waals surface area contributed by atoms with E-state index in [4.69, 9.17) is 9.88 Å². The summed E-state index contributed by atoms with van der Waals surface area (Å²) in [6, 6.07) is 0. The first-order valence-electron chi connectivity index (χ1n) is 5.57. The maximum absolute atomic E-state index is 11.3. The highest BCUT2D eigenvalue weighted by Gasteiger charge is 2.26. The van der Waals surface area contributed by atoms with Crippen molar-refractivity contribution in [2.45, 2.75) is 37.4 Å². The van der Waals surface area contributed by atoms with E-state index in [-0.39, 0.29) is 11.1 Å². The molecule has 1 aliphatic rings. The van der Waals surface area contributed by atoms with Gasteiger partial charge >= 0.3 is 0 Å². The Kier molecular flexibility index (Phi) is 3.45. The van der Waals surface area contributed by atoms with E-state index in [1.165, 1.54) is 0 Å². The molecule has 0 bridgehead atoms. The molecule has 0 radical (unpaired) electrons. The lowest BCUT2D eigenvalue weighted by molar-refractivity contribution is 0.0826. The molecule has 1 aromatic rings. The van der Waals surface area contributed by atoms with Crippen LogP contribution in [-0.4, -0.2) is 36.4 Å². The topological polar surface area (TPSA) is 100 Å². The molecule has 0 amide bonds. The van der Waals surface area contributed by atoms with E-state index in [1.807, 2.05) is 6.92 Å². The summed E-state index contributed by atoms with van der Waals surface area (Å²) in [6.07, 6.45) is 1.67. The molecule has 0 saturated carbocycles. The molecule has 1 aromatic heterocycles. The van der Waals surface area contributed by atoms with E-state index in [9.17, 15) is 8.42 Å². The van der Waals surface area contributed by atoms with Gasteiger partial charge < -0.3 is 9.30 Å². The largest absolute Gasteiger partial charge is 0.381 e. The molecule has 96 valence electrons. The molecular weight excluding hydrogens is 244 g/mol. The minimum atomic E-state index is -3.81. The molecular formula is C9H16N4O3S. The fourth-order valence-electron chi connectivity index (χ4n) is 2.07. The Bertz CT molecular complexity index is 490. The average Bonchev–Trinajstić information content (AvgIpc) is 2.73. The maximum Gasteiger partial charge on any atom is 0.273 e. The third kappa shape index (κ3) is 2.48. The number of primary sulfonamides is 1. The summed E-state index contributed by atoms with van der Waals surface area (Å²) in [5.41, 5.74) is 0. The number of hydrogen-bond acceptors (Lipinski definition) is 5. The summed E-state index contributed by atoms with van der Waals surface area (Å²) < 4.78 is 29.5. The fraction of sp³-hybridized carbons (Fsp3) is 0.778. The van der Waals surface area contributed by atoms with Gasteiger partial charge in [-0.3, -0.25) is 0 Å². The van der Waals surface area contributed by atoms with Crippen molar-refractivity contribution in [3.05, 3.63) is 5.82 Å². The van der Waals surface area contributed by atoms with Gasteiger partial charge in [0.1, 0.15) is 5.82 Å². The number of nitrogens with two attached hydrogens (primary N) is 1. The first-order valence-corrected chi connectivity index (χ1v) is 7.12. The summed E-state index contributed by atoms with van der Waals surface area (Å²) >= 11 is 0. The lowest BCUT2D eigenvalue weighted by Crippen LogP contribution is -2.22. The van der Waals surface area contributed by atoms with Gasteiger partial charge in [-0.25, -0.2) is 13.6 Å². The minimum Gasteiger partial charge on any atom is -0.381 e. The Morgan fingerprint density at radius 2 is 2.06 bits per heavy atom. The summed E-state index contributed by atoms with van der Waals surface area (Å²) in [5, 5.41) is 12.6. The zero-order valence-corrected chi connectivity index (χ0v) is 10.5. The van der Waals surface area contributed by atoms with Crippen molar-refractivity contribution in [1.82, 2.24) is 14.8 Å². The third-order valence-electron chi connectivity index (χ3n) is 2.90. The van der Waals surface area contributed by atoms with Crippen molar-refractivity contribution in [3.8, 4) is 0 Å². The van der Waals surface area contributed by atoms with Crippen LogP contribution in [0.3, 0.4) is 0 Å². The van der Waals surface area contributed by atoms with Crippen LogP contribution in [0.1, 0.15) is 31.5 Å². The molecule has 0 aliphatic carbocycles. The van der Waals surface area contributed by atoms with E-state index in [2.05, 4.69) is 10.2 Å². The van der Waals surface area contributed by atoms with E-state index in [0.29, 0.717) is 25.6 Å². The molecule has 0 atom stereocenters. The van der Waals surface area contributed by atoms with Crippen LogP contribution in [-0.2, 0) is 21.3 Å². The van der Waals surface area contributed by atoms with Gasteiger partial charge in [0.15, 0.2) is 0 Å². The Balaban J connectivity index is 2.38. The molecule has 2 rings (SSSR count). The van der Waals surface area contributed by atoms with Crippen molar-refractivity contribution >= 4 is 10.0 Å². The molecule has 0 spiro atoms. The van der Waals surface area contributed by atoms with Crippen molar-refractivity contribution in [1.29, 1.82) is 0 Å². The lowest BCUT2D eigenvalue weighted by atomic mass is 9.99.